The molecule has 1 fully saturated rings. The lowest BCUT2D eigenvalue weighted by molar-refractivity contribution is 0.0702. The van der Waals surface area contributed by atoms with Gasteiger partial charge in [0, 0.05) is 30.8 Å². The molecule has 94 valence electrons. The maximum Gasteiger partial charge on any atom is 0.345 e. The summed E-state index contributed by atoms with van der Waals surface area (Å²) in [7, 11) is 0. The van der Waals surface area contributed by atoms with E-state index in [0.717, 1.165) is 38.2 Å². The number of rotatable bonds is 5. The highest BCUT2D eigenvalue weighted by Crippen LogP contribution is 2.25. The van der Waals surface area contributed by atoms with Crippen molar-refractivity contribution in [2.75, 3.05) is 24.6 Å². The molecule has 0 bridgehead atoms. The van der Waals surface area contributed by atoms with Crippen LogP contribution in [0.25, 0.3) is 0 Å². The minimum atomic E-state index is -0.852. The van der Waals surface area contributed by atoms with Crippen LogP contribution in [-0.4, -0.2) is 36.9 Å². The zero-order valence-electron chi connectivity index (χ0n) is 9.89. The van der Waals surface area contributed by atoms with E-state index in [4.69, 9.17) is 9.84 Å². The summed E-state index contributed by atoms with van der Waals surface area (Å²) < 4.78 is 5.61. The summed E-state index contributed by atoms with van der Waals surface area (Å²) in [5.74, 6) is -0.852. The Morgan fingerprint density at radius 3 is 3.06 bits per heavy atom. The molecule has 17 heavy (non-hydrogen) atoms. The minimum absolute atomic E-state index is 0.295. The summed E-state index contributed by atoms with van der Waals surface area (Å²) in [6.07, 6.45) is 2.53. The van der Waals surface area contributed by atoms with Crippen molar-refractivity contribution in [1.82, 2.24) is 0 Å². The van der Waals surface area contributed by atoms with Crippen molar-refractivity contribution < 1.29 is 14.6 Å². The van der Waals surface area contributed by atoms with Crippen LogP contribution in [0.15, 0.2) is 11.4 Å². The maximum atomic E-state index is 10.8. The molecule has 2 heterocycles. The third-order valence-electron chi connectivity index (χ3n) is 2.99. The van der Waals surface area contributed by atoms with E-state index in [1.54, 1.807) is 6.07 Å². The molecule has 1 atom stereocenters. The monoisotopic (exact) mass is 255 g/mol. The Balaban J connectivity index is 2.02. The normalized spacial score (nSPS) is 19.5. The molecule has 0 amide bonds. The average molecular weight is 255 g/mol. The summed E-state index contributed by atoms with van der Waals surface area (Å²) in [4.78, 5) is 13.4. The minimum Gasteiger partial charge on any atom is -0.477 e. The van der Waals surface area contributed by atoms with Crippen molar-refractivity contribution in [2.45, 2.75) is 25.9 Å². The van der Waals surface area contributed by atoms with Crippen LogP contribution in [0.1, 0.15) is 29.4 Å². The Kier molecular flexibility index (Phi) is 4.02. The molecule has 0 saturated carbocycles. The van der Waals surface area contributed by atoms with Crippen LogP contribution in [0.3, 0.4) is 0 Å². The number of hydrogen-bond donors (Lipinski definition) is 1. The predicted molar refractivity (Wildman–Crippen MR) is 68.1 cm³/mol. The lowest BCUT2D eigenvalue weighted by atomic mass is 10.2. The lowest BCUT2D eigenvalue weighted by Gasteiger charge is -2.24. The van der Waals surface area contributed by atoms with Gasteiger partial charge in [0.25, 0.3) is 0 Å². The number of aromatic carboxylic acids is 1. The first-order valence-corrected chi connectivity index (χ1v) is 6.77. The first-order valence-electron chi connectivity index (χ1n) is 5.89. The van der Waals surface area contributed by atoms with E-state index >= 15 is 0 Å². The zero-order chi connectivity index (χ0) is 12.3. The average Bonchev–Trinajstić information content (AvgIpc) is 2.96. The summed E-state index contributed by atoms with van der Waals surface area (Å²) >= 11 is 1.28. The van der Waals surface area contributed by atoms with Gasteiger partial charge in [-0.2, -0.15) is 0 Å². The molecule has 1 unspecified atom stereocenters. The number of carbonyl (C=O) groups is 1. The van der Waals surface area contributed by atoms with Gasteiger partial charge < -0.3 is 14.7 Å². The Morgan fingerprint density at radius 2 is 2.53 bits per heavy atom. The summed E-state index contributed by atoms with van der Waals surface area (Å²) in [6, 6.07) is 1.74. The van der Waals surface area contributed by atoms with Gasteiger partial charge in [-0.3, -0.25) is 0 Å². The molecule has 0 spiro atoms. The summed E-state index contributed by atoms with van der Waals surface area (Å²) in [5.41, 5.74) is 0.991. The van der Waals surface area contributed by atoms with Gasteiger partial charge in [-0.25, -0.2) is 4.79 Å². The number of likely N-dealkylation sites (N-methyl/N-ethyl adjacent to an activating group) is 1. The number of carboxylic acids is 1. The van der Waals surface area contributed by atoms with E-state index < -0.39 is 5.97 Å². The van der Waals surface area contributed by atoms with Gasteiger partial charge in [-0.1, -0.05) is 0 Å². The molecule has 1 aromatic heterocycles. The lowest BCUT2D eigenvalue weighted by Crippen LogP contribution is -2.31. The molecule has 0 aromatic carbocycles. The Bertz CT molecular complexity index is 385. The van der Waals surface area contributed by atoms with E-state index in [-0.39, 0.29) is 0 Å². The molecule has 0 aliphatic carbocycles. The Morgan fingerprint density at radius 1 is 1.71 bits per heavy atom. The number of nitrogens with zero attached hydrogens (tertiary/aromatic N) is 1. The van der Waals surface area contributed by atoms with Gasteiger partial charge in [-0.15, -0.1) is 11.3 Å². The topological polar surface area (TPSA) is 49.8 Å². The third-order valence-corrected chi connectivity index (χ3v) is 3.90. The van der Waals surface area contributed by atoms with Crippen LogP contribution in [0.4, 0.5) is 5.69 Å². The van der Waals surface area contributed by atoms with Crippen molar-refractivity contribution >= 4 is 23.0 Å². The van der Waals surface area contributed by atoms with Crippen molar-refractivity contribution in [3.63, 3.8) is 0 Å². The highest BCUT2D eigenvalue weighted by atomic mass is 32.1. The van der Waals surface area contributed by atoms with Crippen molar-refractivity contribution in [3.05, 3.63) is 16.3 Å². The van der Waals surface area contributed by atoms with Crippen LogP contribution < -0.4 is 4.90 Å². The third kappa shape index (κ3) is 2.98. The van der Waals surface area contributed by atoms with Crippen LogP contribution in [-0.2, 0) is 4.74 Å². The standard InChI is InChI=1S/C12H17NO3S/c1-2-13(7-10-4-3-5-16-10)9-6-11(12(14)15)17-8-9/h6,8,10H,2-5,7H2,1H3,(H,14,15). The van der Waals surface area contributed by atoms with Crippen LogP contribution in [0.2, 0.25) is 0 Å². The molecule has 1 saturated heterocycles. The molecule has 2 rings (SSSR count). The van der Waals surface area contributed by atoms with Gasteiger partial charge in [-0.05, 0) is 25.8 Å². The Labute approximate surface area is 105 Å². The second-order valence-electron chi connectivity index (χ2n) is 4.15. The molecule has 1 aliphatic heterocycles. The van der Waals surface area contributed by atoms with E-state index in [1.807, 2.05) is 5.38 Å². The van der Waals surface area contributed by atoms with Gasteiger partial charge in [0.1, 0.15) is 4.88 Å². The first kappa shape index (κ1) is 12.4. The highest BCUT2D eigenvalue weighted by molar-refractivity contribution is 7.12. The Hall–Kier alpha value is -1.07. The van der Waals surface area contributed by atoms with Crippen molar-refractivity contribution in [2.24, 2.45) is 0 Å². The quantitative estimate of drug-likeness (QED) is 0.878. The molecule has 1 aliphatic rings. The zero-order valence-corrected chi connectivity index (χ0v) is 10.7. The number of hydrogen-bond acceptors (Lipinski definition) is 4. The summed E-state index contributed by atoms with van der Waals surface area (Å²) in [6.45, 7) is 4.65. The molecule has 5 heteroatoms. The number of thiophene rings is 1. The first-order chi connectivity index (χ1) is 8.20. The largest absolute Gasteiger partial charge is 0.477 e. The van der Waals surface area contributed by atoms with Crippen LogP contribution in [0.5, 0.6) is 0 Å². The van der Waals surface area contributed by atoms with Gasteiger partial charge in [0.15, 0.2) is 0 Å². The van der Waals surface area contributed by atoms with Gasteiger partial charge in [0.2, 0.25) is 0 Å². The number of carboxylic acid groups (broad SMARTS) is 1. The summed E-state index contributed by atoms with van der Waals surface area (Å²) in [5, 5.41) is 10.8. The second-order valence-corrected chi connectivity index (χ2v) is 5.06. The SMILES string of the molecule is CCN(CC1CCCO1)c1csc(C(=O)O)c1. The van der Waals surface area contributed by atoms with Crippen LogP contribution in [0, 0.1) is 0 Å². The van der Waals surface area contributed by atoms with E-state index in [9.17, 15) is 4.79 Å². The van der Waals surface area contributed by atoms with Gasteiger partial charge >= 0.3 is 5.97 Å². The number of ether oxygens (including phenoxy) is 1. The molecule has 0 radical (unpaired) electrons. The molecule has 1 N–H and O–H groups in total. The van der Waals surface area contributed by atoms with Crippen molar-refractivity contribution in [3.8, 4) is 0 Å². The fourth-order valence-corrected chi connectivity index (χ4v) is 2.81. The number of anilines is 1. The molecular formula is C12H17NO3S. The molecule has 1 aromatic rings. The van der Waals surface area contributed by atoms with E-state index in [0.29, 0.717) is 11.0 Å². The van der Waals surface area contributed by atoms with Crippen LogP contribution >= 0.6 is 11.3 Å². The van der Waals surface area contributed by atoms with E-state index in [1.165, 1.54) is 11.3 Å². The van der Waals surface area contributed by atoms with Crippen molar-refractivity contribution in [1.29, 1.82) is 0 Å². The predicted octanol–water partition coefficient (Wildman–Crippen LogP) is 2.45. The fraction of sp³-hybridized carbons (Fsp3) is 0.583. The molecular weight excluding hydrogens is 238 g/mol. The van der Waals surface area contributed by atoms with E-state index in [2.05, 4.69) is 11.8 Å². The fourth-order valence-electron chi connectivity index (χ4n) is 2.06. The highest BCUT2D eigenvalue weighted by Gasteiger charge is 2.20. The van der Waals surface area contributed by atoms with Gasteiger partial charge in [0.05, 0.1) is 6.10 Å². The molecule has 4 nitrogen and oxygen atoms in total. The smallest absolute Gasteiger partial charge is 0.345 e. The maximum absolute atomic E-state index is 10.8. The second kappa shape index (κ2) is 5.51.